The van der Waals surface area contributed by atoms with Crippen LogP contribution in [0.1, 0.15) is 0 Å². The van der Waals surface area contributed by atoms with E-state index in [4.69, 9.17) is 15.7 Å². The number of nitrogens with zero attached hydrogens (tertiary/aromatic N) is 1. The summed E-state index contributed by atoms with van der Waals surface area (Å²) in [6.45, 7) is 0. The minimum Gasteiger partial charge on any atom is -0.315 e. The minimum atomic E-state index is -4.23. The van der Waals surface area contributed by atoms with Crippen LogP contribution >= 0.6 is 0 Å². The zero-order chi connectivity index (χ0) is 16.4. The molecule has 0 aliphatic carbocycles. The van der Waals surface area contributed by atoms with Gasteiger partial charge in [0.2, 0.25) is 5.91 Å². The fraction of sp³-hybridized carbons (Fsp3) is 0.133. The van der Waals surface area contributed by atoms with E-state index in [2.05, 4.69) is 0 Å². The van der Waals surface area contributed by atoms with Gasteiger partial charge in [-0.1, -0.05) is 36.4 Å². The lowest BCUT2D eigenvalue weighted by Gasteiger charge is -2.30. The maximum atomic E-state index is 12.5. The molecular formula is C15H13B2NO3S. The molecule has 0 heterocycles. The van der Waals surface area contributed by atoms with Crippen molar-refractivity contribution in [3.63, 3.8) is 0 Å². The molecule has 0 saturated carbocycles. The number of anilines is 1. The van der Waals surface area contributed by atoms with Crippen LogP contribution in [0.5, 0.6) is 0 Å². The SMILES string of the molecule is [B]C([B])(C(=O)N(C)c1ccccc1)S(=O)(=O)c1ccccc1. The van der Waals surface area contributed by atoms with Crippen molar-refractivity contribution in [2.45, 2.75) is 9.44 Å². The lowest BCUT2D eigenvalue weighted by Crippen LogP contribution is -2.54. The molecule has 0 bridgehead atoms. The third-order valence-corrected chi connectivity index (χ3v) is 5.24. The first-order valence-electron chi connectivity index (χ1n) is 6.49. The molecule has 0 fully saturated rings. The summed E-state index contributed by atoms with van der Waals surface area (Å²) in [5.41, 5.74) is 0.496. The van der Waals surface area contributed by atoms with Gasteiger partial charge in [-0.2, -0.15) is 0 Å². The van der Waals surface area contributed by atoms with Gasteiger partial charge in [0.15, 0.2) is 9.84 Å². The zero-order valence-corrected chi connectivity index (χ0v) is 12.8. The van der Waals surface area contributed by atoms with Crippen molar-refractivity contribution in [1.29, 1.82) is 0 Å². The largest absolute Gasteiger partial charge is 0.315 e. The lowest BCUT2D eigenvalue weighted by molar-refractivity contribution is -0.117. The van der Waals surface area contributed by atoms with Gasteiger partial charge in [-0.25, -0.2) is 8.42 Å². The van der Waals surface area contributed by atoms with Gasteiger partial charge in [-0.15, -0.1) is 0 Å². The normalized spacial score (nSPS) is 11.9. The molecule has 0 saturated heterocycles. The molecule has 0 atom stereocenters. The van der Waals surface area contributed by atoms with E-state index in [9.17, 15) is 13.2 Å². The number of carbonyl (C=O) groups excluding carboxylic acids is 1. The van der Waals surface area contributed by atoms with Gasteiger partial charge >= 0.3 is 0 Å². The highest BCUT2D eigenvalue weighted by atomic mass is 32.2. The molecule has 0 aromatic heterocycles. The van der Waals surface area contributed by atoms with Crippen LogP contribution in [0.4, 0.5) is 5.69 Å². The number of benzene rings is 2. The number of hydrogen-bond donors (Lipinski definition) is 0. The number of amides is 1. The third kappa shape index (κ3) is 2.81. The molecule has 4 nitrogen and oxygen atoms in total. The molecule has 2 aromatic carbocycles. The van der Waals surface area contributed by atoms with Gasteiger partial charge in [0.1, 0.15) is 0 Å². The quantitative estimate of drug-likeness (QED) is 0.795. The Morgan fingerprint density at radius 1 is 0.955 bits per heavy atom. The Bertz CT molecular complexity index is 762. The second-order valence-electron chi connectivity index (χ2n) is 4.81. The predicted octanol–water partition coefficient (Wildman–Crippen LogP) is 1.11. The van der Waals surface area contributed by atoms with Crippen LogP contribution in [0.15, 0.2) is 65.6 Å². The number of rotatable bonds is 4. The summed E-state index contributed by atoms with van der Waals surface area (Å²) in [4.78, 5) is 13.5. The third-order valence-electron chi connectivity index (χ3n) is 3.28. The van der Waals surface area contributed by atoms with E-state index in [0.717, 1.165) is 4.90 Å². The monoisotopic (exact) mass is 309 g/mol. The molecule has 108 valence electrons. The summed E-state index contributed by atoms with van der Waals surface area (Å²) in [6, 6.07) is 16.0. The summed E-state index contributed by atoms with van der Waals surface area (Å²) in [6.07, 6.45) is 0. The number of hydrogen-bond acceptors (Lipinski definition) is 3. The summed E-state index contributed by atoms with van der Waals surface area (Å²) in [5, 5.41) is 0. The highest BCUT2D eigenvalue weighted by molar-refractivity contribution is 7.96. The van der Waals surface area contributed by atoms with E-state index >= 15 is 0 Å². The van der Waals surface area contributed by atoms with Crippen LogP contribution in [0, 0.1) is 0 Å². The summed E-state index contributed by atoms with van der Waals surface area (Å²) in [7, 11) is 8.61. The van der Waals surface area contributed by atoms with E-state index in [-0.39, 0.29) is 4.90 Å². The maximum absolute atomic E-state index is 12.5. The molecule has 0 N–H and O–H groups in total. The second-order valence-corrected chi connectivity index (χ2v) is 6.96. The summed E-state index contributed by atoms with van der Waals surface area (Å²) >= 11 is 0. The van der Waals surface area contributed by atoms with Crippen molar-refractivity contribution in [3.8, 4) is 0 Å². The van der Waals surface area contributed by atoms with E-state index in [0.29, 0.717) is 5.69 Å². The van der Waals surface area contributed by atoms with Crippen molar-refractivity contribution in [3.05, 3.63) is 60.7 Å². The van der Waals surface area contributed by atoms with Crippen LogP contribution in [0.3, 0.4) is 0 Å². The highest BCUT2D eigenvalue weighted by Gasteiger charge is 2.43. The van der Waals surface area contributed by atoms with Gasteiger partial charge < -0.3 is 4.90 Å². The van der Waals surface area contributed by atoms with Gasteiger partial charge in [0.05, 0.1) is 25.1 Å². The van der Waals surface area contributed by atoms with Crippen LogP contribution in [-0.2, 0) is 14.6 Å². The zero-order valence-electron chi connectivity index (χ0n) is 12.0. The van der Waals surface area contributed by atoms with Gasteiger partial charge in [-0.05, 0) is 24.3 Å². The molecule has 0 aliphatic heterocycles. The molecule has 0 aliphatic rings. The molecule has 2 rings (SSSR count). The van der Waals surface area contributed by atoms with E-state index in [1.165, 1.54) is 31.3 Å². The van der Waals surface area contributed by atoms with Crippen LogP contribution in [-0.4, -0.2) is 41.6 Å². The number of sulfone groups is 1. The average molecular weight is 309 g/mol. The number of para-hydroxylation sites is 1. The molecule has 4 radical (unpaired) electrons. The Labute approximate surface area is 132 Å². The molecule has 0 spiro atoms. The summed E-state index contributed by atoms with van der Waals surface area (Å²) in [5.74, 6) is -0.914. The Kier molecular flexibility index (Phi) is 4.47. The highest BCUT2D eigenvalue weighted by Crippen LogP contribution is 2.24. The maximum Gasteiger partial charge on any atom is 0.230 e. The first-order chi connectivity index (χ1) is 10.3. The Hall–Kier alpha value is -2.01. The van der Waals surface area contributed by atoms with Crippen molar-refractivity contribution < 1.29 is 13.2 Å². The van der Waals surface area contributed by atoms with E-state index in [1.54, 1.807) is 36.4 Å². The minimum absolute atomic E-state index is 0.102. The Balaban J connectivity index is 2.40. The Morgan fingerprint density at radius 3 is 1.91 bits per heavy atom. The van der Waals surface area contributed by atoms with E-state index in [1.807, 2.05) is 0 Å². The number of carbonyl (C=O) groups is 1. The van der Waals surface area contributed by atoms with Crippen molar-refractivity contribution in [1.82, 2.24) is 0 Å². The first-order valence-corrected chi connectivity index (χ1v) is 7.97. The standard InChI is InChI=1S/C15H13B2NO3S/c1-18(12-8-4-2-5-9-12)14(19)15(16,17)22(20,21)13-10-6-3-7-11-13/h2-11H,1H3. The fourth-order valence-electron chi connectivity index (χ4n) is 1.94. The molecule has 7 heteroatoms. The lowest BCUT2D eigenvalue weighted by atomic mass is 9.68. The van der Waals surface area contributed by atoms with Crippen LogP contribution in [0.25, 0.3) is 0 Å². The van der Waals surface area contributed by atoms with Gasteiger partial charge in [0, 0.05) is 12.7 Å². The fourth-order valence-corrected chi connectivity index (χ4v) is 3.21. The van der Waals surface area contributed by atoms with Gasteiger partial charge in [-0.3, -0.25) is 4.79 Å². The van der Waals surface area contributed by atoms with Crippen molar-refractivity contribution >= 4 is 37.1 Å². The predicted molar refractivity (Wildman–Crippen MR) is 87.7 cm³/mol. The van der Waals surface area contributed by atoms with Crippen molar-refractivity contribution in [2.24, 2.45) is 0 Å². The molecule has 2 aromatic rings. The molecule has 1 amide bonds. The second kappa shape index (κ2) is 6.01. The smallest absolute Gasteiger partial charge is 0.230 e. The van der Waals surface area contributed by atoms with Crippen LogP contribution < -0.4 is 4.90 Å². The van der Waals surface area contributed by atoms with Gasteiger partial charge in [0.25, 0.3) is 0 Å². The molecular weight excluding hydrogens is 296 g/mol. The van der Waals surface area contributed by atoms with Crippen LogP contribution in [0.2, 0.25) is 0 Å². The van der Waals surface area contributed by atoms with Crippen molar-refractivity contribution in [2.75, 3.05) is 11.9 Å². The molecule has 22 heavy (non-hydrogen) atoms. The molecule has 0 unspecified atom stereocenters. The summed E-state index contributed by atoms with van der Waals surface area (Å²) < 4.78 is 22.5. The average Bonchev–Trinajstić information content (AvgIpc) is 2.54. The topological polar surface area (TPSA) is 54.5 Å². The first kappa shape index (κ1) is 16.4. The van der Waals surface area contributed by atoms with E-state index < -0.39 is 20.3 Å². The Morgan fingerprint density at radius 2 is 1.41 bits per heavy atom.